The third-order valence-electron chi connectivity index (χ3n) is 3.90. The minimum atomic E-state index is -0.223. The van der Waals surface area contributed by atoms with Gasteiger partial charge in [0, 0.05) is 5.56 Å². The van der Waals surface area contributed by atoms with E-state index < -0.39 is 0 Å². The molecule has 1 amide bonds. The minimum Gasteiger partial charge on any atom is -0.334 e. The van der Waals surface area contributed by atoms with Crippen molar-refractivity contribution in [3.05, 3.63) is 64.4 Å². The van der Waals surface area contributed by atoms with Crippen LogP contribution in [0.2, 0.25) is 10.0 Å². The molecule has 1 aromatic heterocycles. The maximum absolute atomic E-state index is 12.4. The maximum atomic E-state index is 12.4. The lowest BCUT2D eigenvalue weighted by molar-refractivity contribution is -0.117. The number of anilines is 1. The quantitative estimate of drug-likeness (QED) is 0.627. The van der Waals surface area contributed by atoms with Gasteiger partial charge in [-0.2, -0.15) is 4.98 Å². The van der Waals surface area contributed by atoms with Crippen LogP contribution in [-0.4, -0.2) is 34.0 Å². The molecule has 1 N–H and O–H groups in total. The molecule has 3 aromatic rings. The Morgan fingerprint density at radius 1 is 1.11 bits per heavy atom. The van der Waals surface area contributed by atoms with Gasteiger partial charge in [0.1, 0.15) is 0 Å². The average Bonchev–Trinajstić information content (AvgIpc) is 3.13. The highest BCUT2D eigenvalue weighted by Gasteiger charge is 2.16. The van der Waals surface area contributed by atoms with E-state index in [9.17, 15) is 4.79 Å². The van der Waals surface area contributed by atoms with Crippen LogP contribution in [0.15, 0.2) is 53.1 Å². The Balaban J connectivity index is 1.62. The number of likely N-dealkylation sites (N-methyl/N-ethyl adjacent to an activating group) is 1. The lowest BCUT2D eigenvalue weighted by Crippen LogP contribution is -2.33. The monoisotopic (exact) mass is 404 g/mol. The van der Waals surface area contributed by atoms with Gasteiger partial charge >= 0.3 is 0 Å². The number of aromatic nitrogens is 2. The van der Waals surface area contributed by atoms with Crippen molar-refractivity contribution < 1.29 is 9.32 Å². The summed E-state index contributed by atoms with van der Waals surface area (Å²) in [4.78, 5) is 18.7. The van der Waals surface area contributed by atoms with E-state index in [1.165, 1.54) is 0 Å². The lowest BCUT2D eigenvalue weighted by atomic mass is 10.2. The van der Waals surface area contributed by atoms with Crippen molar-refractivity contribution >= 4 is 34.8 Å². The third kappa shape index (κ3) is 5.07. The molecule has 27 heavy (non-hydrogen) atoms. The van der Waals surface area contributed by atoms with Crippen molar-refractivity contribution in [1.29, 1.82) is 0 Å². The van der Waals surface area contributed by atoms with E-state index in [4.69, 9.17) is 27.7 Å². The fourth-order valence-corrected chi connectivity index (χ4v) is 2.99. The number of carbonyl (C=O) groups excluding carboxylic acids is 1. The molecule has 0 fully saturated rings. The van der Waals surface area contributed by atoms with E-state index in [2.05, 4.69) is 15.5 Å². The van der Waals surface area contributed by atoms with Gasteiger partial charge in [0.2, 0.25) is 5.91 Å². The van der Waals surface area contributed by atoms with Crippen LogP contribution in [0.3, 0.4) is 0 Å². The van der Waals surface area contributed by atoms with E-state index in [0.29, 0.717) is 40.5 Å². The summed E-state index contributed by atoms with van der Waals surface area (Å²) in [6.45, 7) is 3.12. The van der Waals surface area contributed by atoms with Crippen LogP contribution in [0, 0.1) is 0 Å². The molecule has 6 nitrogen and oxygen atoms in total. The van der Waals surface area contributed by atoms with E-state index in [-0.39, 0.29) is 12.5 Å². The van der Waals surface area contributed by atoms with Crippen LogP contribution >= 0.6 is 23.2 Å². The summed E-state index contributed by atoms with van der Waals surface area (Å²) < 4.78 is 5.30. The molecule has 0 atom stereocenters. The molecule has 2 aromatic carbocycles. The van der Waals surface area contributed by atoms with Crippen molar-refractivity contribution in [3.8, 4) is 11.5 Å². The van der Waals surface area contributed by atoms with Gasteiger partial charge in [-0.05, 0) is 30.8 Å². The number of carbonyl (C=O) groups is 1. The number of nitrogens with zero attached hydrogens (tertiary/aromatic N) is 3. The number of hydrogen-bond donors (Lipinski definition) is 1. The summed E-state index contributed by atoms with van der Waals surface area (Å²) in [6.07, 6.45) is 0. The molecule has 0 saturated heterocycles. The summed E-state index contributed by atoms with van der Waals surface area (Å²) in [7, 11) is 0. The van der Waals surface area contributed by atoms with Crippen molar-refractivity contribution in [2.45, 2.75) is 13.5 Å². The Hall–Kier alpha value is -2.41. The van der Waals surface area contributed by atoms with Gasteiger partial charge in [0.25, 0.3) is 5.89 Å². The first kappa shape index (κ1) is 19.4. The SMILES string of the molecule is CCN(CC(=O)Nc1c(Cl)cccc1Cl)Cc1noc(-c2ccccc2)n1. The Bertz CT molecular complexity index is 895. The fourth-order valence-electron chi connectivity index (χ4n) is 2.49. The smallest absolute Gasteiger partial charge is 0.257 e. The Kier molecular flexibility index (Phi) is 6.45. The second-order valence-electron chi connectivity index (χ2n) is 5.83. The van der Waals surface area contributed by atoms with Crippen molar-refractivity contribution in [2.24, 2.45) is 0 Å². The first-order valence-corrected chi connectivity index (χ1v) is 9.16. The van der Waals surface area contributed by atoms with E-state index >= 15 is 0 Å². The zero-order valence-corrected chi connectivity index (χ0v) is 16.2. The molecule has 3 rings (SSSR count). The maximum Gasteiger partial charge on any atom is 0.257 e. The van der Waals surface area contributed by atoms with Crippen LogP contribution in [0.4, 0.5) is 5.69 Å². The highest BCUT2D eigenvalue weighted by Crippen LogP contribution is 2.29. The second kappa shape index (κ2) is 8.99. The molecule has 0 unspecified atom stereocenters. The van der Waals surface area contributed by atoms with E-state index in [0.717, 1.165) is 5.56 Å². The van der Waals surface area contributed by atoms with Gasteiger partial charge in [0.15, 0.2) is 5.82 Å². The number of amides is 1. The molecule has 8 heteroatoms. The van der Waals surface area contributed by atoms with Gasteiger partial charge < -0.3 is 9.84 Å². The molecule has 0 saturated carbocycles. The second-order valence-corrected chi connectivity index (χ2v) is 6.64. The highest BCUT2D eigenvalue weighted by molar-refractivity contribution is 6.39. The van der Waals surface area contributed by atoms with Crippen LogP contribution < -0.4 is 5.32 Å². The Morgan fingerprint density at radius 3 is 2.48 bits per heavy atom. The molecule has 1 heterocycles. The van der Waals surface area contributed by atoms with Crippen LogP contribution in [0.25, 0.3) is 11.5 Å². The molecule has 0 bridgehead atoms. The number of para-hydroxylation sites is 1. The predicted molar refractivity (Wildman–Crippen MR) is 106 cm³/mol. The minimum absolute atomic E-state index is 0.146. The molecule has 0 aliphatic rings. The number of rotatable bonds is 7. The largest absolute Gasteiger partial charge is 0.334 e. The van der Waals surface area contributed by atoms with E-state index in [1.54, 1.807) is 18.2 Å². The van der Waals surface area contributed by atoms with Crippen LogP contribution in [-0.2, 0) is 11.3 Å². The van der Waals surface area contributed by atoms with Crippen LogP contribution in [0.5, 0.6) is 0 Å². The summed E-state index contributed by atoms with van der Waals surface area (Å²) in [5.41, 5.74) is 1.26. The first-order valence-electron chi connectivity index (χ1n) is 8.41. The van der Waals surface area contributed by atoms with Crippen molar-refractivity contribution in [1.82, 2.24) is 15.0 Å². The average molecular weight is 405 g/mol. The van der Waals surface area contributed by atoms with Crippen LogP contribution in [0.1, 0.15) is 12.7 Å². The normalized spacial score (nSPS) is 11.0. The third-order valence-corrected chi connectivity index (χ3v) is 4.53. The molecule has 140 valence electrons. The molecular formula is C19H18Cl2N4O2. The molecule has 0 radical (unpaired) electrons. The van der Waals surface area contributed by atoms with Gasteiger partial charge in [-0.25, -0.2) is 0 Å². The van der Waals surface area contributed by atoms with Gasteiger partial charge in [-0.15, -0.1) is 0 Å². The predicted octanol–water partition coefficient (Wildman–Crippen LogP) is 4.50. The van der Waals surface area contributed by atoms with E-state index in [1.807, 2.05) is 42.2 Å². The number of halogens is 2. The van der Waals surface area contributed by atoms with Crippen molar-refractivity contribution in [2.75, 3.05) is 18.4 Å². The molecule has 0 aliphatic carbocycles. The number of benzene rings is 2. The topological polar surface area (TPSA) is 71.3 Å². The molecule has 0 aliphatic heterocycles. The Morgan fingerprint density at radius 2 is 1.81 bits per heavy atom. The molecule has 0 spiro atoms. The highest BCUT2D eigenvalue weighted by atomic mass is 35.5. The number of nitrogens with one attached hydrogen (secondary N) is 1. The summed E-state index contributed by atoms with van der Waals surface area (Å²) in [5.74, 6) is 0.742. The zero-order valence-electron chi connectivity index (χ0n) is 14.7. The standard InChI is InChI=1S/C19H18Cl2N4O2/c1-2-25(12-17(26)23-18-14(20)9-6-10-15(18)21)11-16-22-19(27-24-16)13-7-4-3-5-8-13/h3-10H,2,11-12H2,1H3,(H,23,26). The fraction of sp³-hybridized carbons (Fsp3) is 0.211. The zero-order chi connectivity index (χ0) is 19.2. The Labute approximate surface area is 167 Å². The summed E-state index contributed by atoms with van der Waals surface area (Å²) >= 11 is 12.2. The number of hydrogen-bond acceptors (Lipinski definition) is 5. The first-order chi connectivity index (χ1) is 13.1. The van der Waals surface area contributed by atoms with Gasteiger partial charge in [0.05, 0.1) is 28.8 Å². The lowest BCUT2D eigenvalue weighted by Gasteiger charge is -2.18. The molecular weight excluding hydrogens is 387 g/mol. The van der Waals surface area contributed by atoms with Crippen molar-refractivity contribution in [3.63, 3.8) is 0 Å². The van der Waals surface area contributed by atoms with Gasteiger partial charge in [-0.1, -0.05) is 59.5 Å². The van der Waals surface area contributed by atoms with Gasteiger partial charge in [-0.3, -0.25) is 9.69 Å². The summed E-state index contributed by atoms with van der Waals surface area (Å²) in [5, 5.41) is 7.54. The summed E-state index contributed by atoms with van der Waals surface area (Å²) in [6, 6.07) is 14.6.